The Morgan fingerprint density at radius 1 is 1.00 bits per heavy atom. The number of anilines is 1. The van der Waals surface area contributed by atoms with Crippen molar-refractivity contribution in [1.82, 2.24) is 4.90 Å². The van der Waals surface area contributed by atoms with Gasteiger partial charge in [0, 0.05) is 24.4 Å². The number of carboxylic acids is 1. The first kappa shape index (κ1) is 24.2. The van der Waals surface area contributed by atoms with Crippen molar-refractivity contribution in [3.8, 4) is 0 Å². The number of carbonyl (C=O) groups excluding carboxylic acids is 2. The third-order valence-corrected chi connectivity index (χ3v) is 7.41. The Hall–Kier alpha value is -3.49. The molecule has 2 fully saturated rings. The third kappa shape index (κ3) is 4.66. The Labute approximate surface area is 207 Å². The van der Waals surface area contributed by atoms with Gasteiger partial charge in [-0.15, -0.1) is 0 Å². The van der Waals surface area contributed by atoms with Crippen LogP contribution in [0.15, 0.2) is 42.5 Å². The number of ether oxygens (including phenoxy) is 1. The van der Waals surface area contributed by atoms with Gasteiger partial charge in [0.15, 0.2) is 11.6 Å². The number of carboxylic acid groups (broad SMARTS) is 1. The summed E-state index contributed by atoms with van der Waals surface area (Å²) in [6.45, 7) is -0.197. The summed E-state index contributed by atoms with van der Waals surface area (Å²) in [6.07, 6.45) is 3.38. The molecule has 2 amide bonds. The molecule has 5 rings (SSSR count). The van der Waals surface area contributed by atoms with Crippen molar-refractivity contribution in [2.45, 2.75) is 69.7 Å². The van der Waals surface area contributed by atoms with Crippen LogP contribution in [0.1, 0.15) is 62.1 Å². The van der Waals surface area contributed by atoms with Gasteiger partial charge in [0.25, 0.3) is 0 Å². The monoisotopic (exact) mass is 498 g/mol. The van der Waals surface area contributed by atoms with E-state index in [1.807, 2.05) is 29.2 Å². The van der Waals surface area contributed by atoms with E-state index in [2.05, 4.69) is 0 Å². The van der Waals surface area contributed by atoms with Crippen molar-refractivity contribution >= 4 is 23.7 Å². The van der Waals surface area contributed by atoms with Crippen LogP contribution >= 0.6 is 0 Å². The molecule has 2 aliphatic carbocycles. The van der Waals surface area contributed by atoms with Crippen molar-refractivity contribution in [1.29, 1.82) is 0 Å². The topological polar surface area (TPSA) is 87.2 Å². The van der Waals surface area contributed by atoms with Crippen LogP contribution in [-0.4, -0.2) is 40.1 Å². The highest BCUT2D eigenvalue weighted by Gasteiger charge is 2.51. The highest BCUT2D eigenvalue weighted by molar-refractivity contribution is 5.91. The van der Waals surface area contributed by atoms with E-state index < -0.39 is 23.7 Å². The number of halogens is 2. The molecule has 2 aromatic rings. The third-order valence-electron chi connectivity index (χ3n) is 7.41. The van der Waals surface area contributed by atoms with Gasteiger partial charge in [0.2, 0.25) is 5.91 Å². The molecule has 0 spiro atoms. The first-order valence-electron chi connectivity index (χ1n) is 12.4. The largest absolute Gasteiger partial charge is 0.481 e. The normalized spacial score (nSPS) is 22.5. The van der Waals surface area contributed by atoms with Crippen LogP contribution in [0.2, 0.25) is 0 Å². The Morgan fingerprint density at radius 3 is 2.50 bits per heavy atom. The molecule has 36 heavy (non-hydrogen) atoms. The van der Waals surface area contributed by atoms with Crippen molar-refractivity contribution < 1.29 is 33.0 Å². The molecule has 1 N–H and O–H groups in total. The SMILES string of the molecule is O=C(O)CCC(=O)N(C1CC1)C1c2ccccc2N(C(=O)OCc2ccc(F)c(F)c2)C2CCCC21. The summed E-state index contributed by atoms with van der Waals surface area (Å²) in [5.41, 5.74) is 1.86. The van der Waals surface area contributed by atoms with Gasteiger partial charge in [0.05, 0.1) is 18.2 Å². The van der Waals surface area contributed by atoms with E-state index >= 15 is 0 Å². The van der Waals surface area contributed by atoms with Crippen molar-refractivity contribution in [3.05, 3.63) is 65.2 Å². The molecular weight excluding hydrogens is 470 g/mol. The van der Waals surface area contributed by atoms with Gasteiger partial charge >= 0.3 is 12.1 Å². The lowest BCUT2D eigenvalue weighted by Gasteiger charge is -2.47. The fourth-order valence-corrected chi connectivity index (χ4v) is 5.74. The Morgan fingerprint density at radius 2 is 1.78 bits per heavy atom. The summed E-state index contributed by atoms with van der Waals surface area (Å²) in [4.78, 5) is 41.3. The van der Waals surface area contributed by atoms with E-state index in [0.29, 0.717) is 11.3 Å². The molecule has 3 unspecified atom stereocenters. The quantitative estimate of drug-likeness (QED) is 0.568. The van der Waals surface area contributed by atoms with E-state index in [1.54, 1.807) is 4.90 Å². The summed E-state index contributed by atoms with van der Waals surface area (Å²) in [7, 11) is 0. The summed E-state index contributed by atoms with van der Waals surface area (Å²) in [6, 6.07) is 10.5. The van der Waals surface area contributed by atoms with Crippen LogP contribution < -0.4 is 4.90 Å². The Bertz CT molecular complexity index is 1180. The molecule has 9 heteroatoms. The maximum atomic E-state index is 13.6. The van der Waals surface area contributed by atoms with E-state index in [4.69, 9.17) is 9.84 Å². The van der Waals surface area contributed by atoms with Crippen LogP contribution in [0.25, 0.3) is 0 Å². The average molecular weight is 499 g/mol. The number of amides is 2. The van der Waals surface area contributed by atoms with Gasteiger partial charge in [-0.05, 0) is 55.0 Å². The van der Waals surface area contributed by atoms with Gasteiger partial charge in [0.1, 0.15) is 6.61 Å². The summed E-state index contributed by atoms with van der Waals surface area (Å²) in [5.74, 6) is -3.15. The van der Waals surface area contributed by atoms with Gasteiger partial charge < -0.3 is 14.7 Å². The molecule has 0 aromatic heterocycles. The second kappa shape index (κ2) is 9.87. The standard InChI is InChI=1S/C27H28F2N2O5/c28-20-11-8-16(14-21(20)29)15-36-27(35)31-22-6-2-1-4-18(22)26(19-5-3-7-23(19)31)30(17-9-10-17)24(32)12-13-25(33)34/h1-2,4,6,8,11,14,17,19,23,26H,3,5,7,9-10,12-13,15H2,(H,33,34). The lowest BCUT2D eigenvalue weighted by molar-refractivity contribution is -0.142. The predicted octanol–water partition coefficient (Wildman–Crippen LogP) is 5.19. The molecule has 2 aromatic carbocycles. The number of para-hydroxylation sites is 1. The molecule has 1 aliphatic heterocycles. The number of rotatable bonds is 7. The van der Waals surface area contributed by atoms with Gasteiger partial charge in [-0.25, -0.2) is 13.6 Å². The zero-order valence-corrected chi connectivity index (χ0v) is 19.7. The van der Waals surface area contributed by atoms with Crippen molar-refractivity contribution in [2.75, 3.05) is 4.90 Å². The van der Waals surface area contributed by atoms with Gasteiger partial charge in [-0.1, -0.05) is 30.7 Å². The molecule has 0 saturated heterocycles. The zero-order valence-electron chi connectivity index (χ0n) is 19.7. The van der Waals surface area contributed by atoms with E-state index in [0.717, 1.165) is 49.8 Å². The van der Waals surface area contributed by atoms with Crippen LogP contribution in [0.5, 0.6) is 0 Å². The zero-order chi connectivity index (χ0) is 25.4. The molecule has 0 radical (unpaired) electrons. The molecule has 0 bridgehead atoms. The van der Waals surface area contributed by atoms with Crippen LogP contribution in [0.3, 0.4) is 0 Å². The van der Waals surface area contributed by atoms with Gasteiger partial charge in [-0.3, -0.25) is 14.5 Å². The lowest BCUT2D eigenvalue weighted by atomic mass is 9.81. The summed E-state index contributed by atoms with van der Waals surface area (Å²) < 4.78 is 32.4. The lowest BCUT2D eigenvalue weighted by Crippen LogP contribution is -2.53. The minimum atomic E-state index is -1.00. The number of carbonyl (C=O) groups is 3. The molecular formula is C27H28F2N2O5. The minimum Gasteiger partial charge on any atom is -0.481 e. The van der Waals surface area contributed by atoms with Crippen molar-refractivity contribution in [2.24, 2.45) is 5.92 Å². The average Bonchev–Trinajstić information content (AvgIpc) is 3.58. The number of hydrogen-bond acceptors (Lipinski definition) is 4. The van der Waals surface area contributed by atoms with E-state index in [9.17, 15) is 23.2 Å². The number of aliphatic carboxylic acids is 1. The van der Waals surface area contributed by atoms with Crippen molar-refractivity contribution in [3.63, 3.8) is 0 Å². The first-order valence-corrected chi connectivity index (χ1v) is 12.4. The molecule has 1 heterocycles. The van der Waals surface area contributed by atoms with E-state index in [-0.39, 0.29) is 49.4 Å². The van der Waals surface area contributed by atoms with Gasteiger partial charge in [-0.2, -0.15) is 0 Å². The molecule has 7 nitrogen and oxygen atoms in total. The highest BCUT2D eigenvalue weighted by atomic mass is 19.2. The van der Waals surface area contributed by atoms with E-state index in [1.165, 1.54) is 6.07 Å². The second-order valence-corrected chi connectivity index (χ2v) is 9.76. The minimum absolute atomic E-state index is 0.00917. The number of nitrogens with zero attached hydrogens (tertiary/aromatic N) is 2. The Kier molecular flexibility index (Phi) is 6.64. The summed E-state index contributed by atoms with van der Waals surface area (Å²) in [5, 5.41) is 9.11. The molecule has 3 atom stereocenters. The van der Waals surface area contributed by atoms with Crippen LogP contribution in [-0.2, 0) is 20.9 Å². The number of hydrogen-bond donors (Lipinski definition) is 1. The molecule has 2 saturated carbocycles. The van der Waals surface area contributed by atoms with Crippen LogP contribution in [0, 0.1) is 17.6 Å². The Balaban J connectivity index is 1.44. The first-order chi connectivity index (χ1) is 17.3. The molecule has 3 aliphatic rings. The maximum absolute atomic E-state index is 13.6. The summed E-state index contributed by atoms with van der Waals surface area (Å²) >= 11 is 0. The number of benzene rings is 2. The number of fused-ring (bicyclic) bond motifs is 2. The maximum Gasteiger partial charge on any atom is 0.414 e. The smallest absolute Gasteiger partial charge is 0.414 e. The van der Waals surface area contributed by atoms with Crippen LogP contribution in [0.4, 0.5) is 19.3 Å². The second-order valence-electron chi connectivity index (χ2n) is 9.76. The predicted molar refractivity (Wildman–Crippen MR) is 126 cm³/mol. The highest BCUT2D eigenvalue weighted by Crippen LogP contribution is 2.52. The molecule has 190 valence electrons. The fraction of sp³-hybridized carbons (Fsp3) is 0.444. The fourth-order valence-electron chi connectivity index (χ4n) is 5.74.